The van der Waals surface area contributed by atoms with Crippen molar-refractivity contribution in [3.8, 4) is 0 Å². The van der Waals surface area contributed by atoms with Gasteiger partial charge in [0.15, 0.2) is 5.65 Å². The summed E-state index contributed by atoms with van der Waals surface area (Å²) < 4.78 is 1.91. The molecule has 0 aliphatic carbocycles. The highest BCUT2D eigenvalue weighted by atomic mass is 15.1. The van der Waals surface area contributed by atoms with Crippen molar-refractivity contribution in [1.82, 2.24) is 24.5 Å². The van der Waals surface area contributed by atoms with E-state index in [0.29, 0.717) is 6.42 Å². The predicted octanol–water partition coefficient (Wildman–Crippen LogP) is 2.50. The monoisotopic (exact) mass is 275 g/mol. The lowest BCUT2D eigenvalue weighted by Crippen LogP contribution is -1.98. The van der Waals surface area contributed by atoms with Crippen LogP contribution >= 0.6 is 0 Å². The smallest absolute Gasteiger partial charge is 0.163 e. The van der Waals surface area contributed by atoms with E-state index in [1.807, 2.05) is 23.9 Å². The van der Waals surface area contributed by atoms with E-state index in [2.05, 4.69) is 44.2 Å². The molecule has 0 radical (unpaired) electrons. The van der Waals surface area contributed by atoms with Crippen LogP contribution in [0.4, 0.5) is 0 Å². The maximum atomic E-state index is 4.58. The first-order valence-corrected chi connectivity index (χ1v) is 6.76. The lowest BCUT2D eigenvalue weighted by Gasteiger charge is -2.03. The van der Waals surface area contributed by atoms with Crippen LogP contribution in [-0.2, 0) is 13.5 Å². The molecule has 3 aromatic heterocycles. The molecule has 5 nitrogen and oxygen atoms in total. The fraction of sp³-hybridized carbons (Fsp3) is 0.125. The number of fused-ring (bicyclic) bond motifs is 2. The Balaban J connectivity index is 1.73. The van der Waals surface area contributed by atoms with Crippen molar-refractivity contribution in [2.24, 2.45) is 7.05 Å². The summed E-state index contributed by atoms with van der Waals surface area (Å²) in [4.78, 5) is 17.6. The molecule has 0 aliphatic rings. The summed E-state index contributed by atoms with van der Waals surface area (Å²) in [5.41, 5.74) is 3.83. The maximum Gasteiger partial charge on any atom is 0.163 e. The second kappa shape index (κ2) is 4.63. The van der Waals surface area contributed by atoms with Gasteiger partial charge in [0.1, 0.15) is 11.3 Å². The summed E-state index contributed by atoms with van der Waals surface area (Å²) in [5.74, 6) is 0.793. The maximum absolute atomic E-state index is 4.58. The quantitative estimate of drug-likeness (QED) is 0.564. The SMILES string of the molecule is Cn1cnc2cnc(Cc3ccc4cccnc4c3)nc21. The van der Waals surface area contributed by atoms with Crippen LogP contribution in [0.1, 0.15) is 11.4 Å². The molecule has 0 aliphatic heterocycles. The Hall–Kier alpha value is -2.82. The zero-order chi connectivity index (χ0) is 14.2. The van der Waals surface area contributed by atoms with E-state index in [1.54, 1.807) is 12.5 Å². The zero-order valence-electron chi connectivity index (χ0n) is 11.6. The van der Waals surface area contributed by atoms with Crippen molar-refractivity contribution >= 4 is 22.1 Å². The second-order valence-corrected chi connectivity index (χ2v) is 5.06. The molecule has 0 fully saturated rings. The van der Waals surface area contributed by atoms with Gasteiger partial charge in [-0.25, -0.2) is 15.0 Å². The van der Waals surface area contributed by atoms with E-state index in [9.17, 15) is 0 Å². The molecule has 5 heteroatoms. The van der Waals surface area contributed by atoms with Gasteiger partial charge < -0.3 is 4.57 Å². The van der Waals surface area contributed by atoms with Crippen LogP contribution in [0.2, 0.25) is 0 Å². The molecule has 0 saturated carbocycles. The van der Waals surface area contributed by atoms with Gasteiger partial charge >= 0.3 is 0 Å². The highest BCUT2D eigenvalue weighted by Gasteiger charge is 2.06. The highest BCUT2D eigenvalue weighted by molar-refractivity contribution is 5.79. The first-order valence-electron chi connectivity index (χ1n) is 6.76. The van der Waals surface area contributed by atoms with Crippen molar-refractivity contribution in [3.63, 3.8) is 0 Å². The minimum Gasteiger partial charge on any atom is -0.318 e. The normalized spacial score (nSPS) is 11.3. The number of nitrogens with zero attached hydrogens (tertiary/aromatic N) is 5. The molecule has 102 valence electrons. The molecule has 4 aromatic rings. The molecule has 3 heterocycles. The van der Waals surface area contributed by atoms with Crippen molar-refractivity contribution in [2.75, 3.05) is 0 Å². The third-order valence-corrected chi connectivity index (χ3v) is 3.54. The Bertz CT molecular complexity index is 942. The summed E-state index contributed by atoms with van der Waals surface area (Å²) in [6.45, 7) is 0. The Labute approximate surface area is 121 Å². The van der Waals surface area contributed by atoms with Gasteiger partial charge in [-0.1, -0.05) is 18.2 Å². The van der Waals surface area contributed by atoms with Gasteiger partial charge in [0.05, 0.1) is 18.0 Å². The summed E-state index contributed by atoms with van der Waals surface area (Å²) >= 11 is 0. The third kappa shape index (κ3) is 2.12. The topological polar surface area (TPSA) is 56.5 Å². The number of rotatable bonds is 2. The van der Waals surface area contributed by atoms with Crippen LogP contribution < -0.4 is 0 Å². The van der Waals surface area contributed by atoms with Gasteiger partial charge in [-0.05, 0) is 17.7 Å². The van der Waals surface area contributed by atoms with Crippen LogP contribution in [0.25, 0.3) is 22.1 Å². The van der Waals surface area contributed by atoms with Crippen LogP contribution in [0.3, 0.4) is 0 Å². The number of pyridine rings is 1. The highest BCUT2D eigenvalue weighted by Crippen LogP contribution is 2.16. The molecule has 0 amide bonds. The number of aromatic nitrogens is 5. The molecule has 1 aromatic carbocycles. The number of hydrogen-bond acceptors (Lipinski definition) is 4. The minimum absolute atomic E-state index is 0.688. The largest absolute Gasteiger partial charge is 0.318 e. The summed E-state index contributed by atoms with van der Waals surface area (Å²) in [6.07, 6.45) is 6.03. The molecular formula is C16H13N5. The molecule has 0 unspecified atom stereocenters. The fourth-order valence-corrected chi connectivity index (χ4v) is 2.45. The predicted molar refractivity (Wildman–Crippen MR) is 80.9 cm³/mol. The van der Waals surface area contributed by atoms with Crippen molar-refractivity contribution in [2.45, 2.75) is 6.42 Å². The first-order chi connectivity index (χ1) is 10.3. The average molecular weight is 275 g/mol. The lowest BCUT2D eigenvalue weighted by atomic mass is 10.1. The summed E-state index contributed by atoms with van der Waals surface area (Å²) in [5, 5.41) is 1.14. The van der Waals surface area contributed by atoms with Gasteiger partial charge in [-0.15, -0.1) is 0 Å². The van der Waals surface area contributed by atoms with E-state index in [0.717, 1.165) is 33.5 Å². The molecule has 21 heavy (non-hydrogen) atoms. The van der Waals surface area contributed by atoms with Crippen molar-refractivity contribution in [1.29, 1.82) is 0 Å². The van der Waals surface area contributed by atoms with E-state index in [1.165, 1.54) is 0 Å². The molecule has 4 rings (SSSR count). The Kier molecular flexibility index (Phi) is 2.64. The number of benzene rings is 1. The Morgan fingerprint density at radius 1 is 1.05 bits per heavy atom. The lowest BCUT2D eigenvalue weighted by molar-refractivity contribution is 0.907. The van der Waals surface area contributed by atoms with Gasteiger partial charge in [0.2, 0.25) is 0 Å². The average Bonchev–Trinajstić information content (AvgIpc) is 2.88. The molecule has 0 spiro atoms. The molecule has 0 atom stereocenters. The summed E-state index contributed by atoms with van der Waals surface area (Å²) in [6, 6.07) is 10.3. The zero-order valence-corrected chi connectivity index (χ0v) is 11.6. The molecular weight excluding hydrogens is 262 g/mol. The number of imidazole rings is 1. The molecule has 0 bridgehead atoms. The fourth-order valence-electron chi connectivity index (χ4n) is 2.45. The number of aryl methyl sites for hydroxylation is 1. The van der Waals surface area contributed by atoms with Crippen molar-refractivity contribution in [3.05, 3.63) is 60.4 Å². The van der Waals surface area contributed by atoms with Gasteiger partial charge in [0, 0.05) is 25.1 Å². The van der Waals surface area contributed by atoms with E-state index in [4.69, 9.17) is 0 Å². The van der Waals surface area contributed by atoms with Gasteiger partial charge in [-0.3, -0.25) is 4.98 Å². The summed E-state index contributed by atoms with van der Waals surface area (Å²) in [7, 11) is 1.94. The molecule has 0 saturated heterocycles. The van der Waals surface area contributed by atoms with E-state index >= 15 is 0 Å². The van der Waals surface area contributed by atoms with Crippen molar-refractivity contribution < 1.29 is 0 Å². The number of hydrogen-bond donors (Lipinski definition) is 0. The second-order valence-electron chi connectivity index (χ2n) is 5.06. The van der Waals surface area contributed by atoms with Crippen LogP contribution in [0.5, 0.6) is 0 Å². The standard InChI is InChI=1S/C16H13N5/c1-21-10-19-14-9-18-15(20-16(14)21)8-11-4-5-12-3-2-6-17-13(12)7-11/h2-7,9-10H,8H2,1H3. The van der Waals surface area contributed by atoms with Gasteiger partial charge in [-0.2, -0.15) is 0 Å². The van der Waals surface area contributed by atoms with Crippen LogP contribution in [-0.4, -0.2) is 24.5 Å². The van der Waals surface area contributed by atoms with Crippen LogP contribution in [0.15, 0.2) is 49.1 Å². The van der Waals surface area contributed by atoms with Crippen LogP contribution in [0, 0.1) is 0 Å². The minimum atomic E-state index is 0.688. The third-order valence-electron chi connectivity index (χ3n) is 3.54. The molecule has 0 N–H and O–H groups in total. The van der Waals surface area contributed by atoms with E-state index < -0.39 is 0 Å². The van der Waals surface area contributed by atoms with Gasteiger partial charge in [0.25, 0.3) is 0 Å². The first kappa shape index (κ1) is 12.0. The Morgan fingerprint density at radius 2 is 2.00 bits per heavy atom. The van der Waals surface area contributed by atoms with E-state index in [-0.39, 0.29) is 0 Å². The Morgan fingerprint density at radius 3 is 2.95 bits per heavy atom.